The Hall–Kier alpha value is -0.670. The van der Waals surface area contributed by atoms with E-state index in [2.05, 4.69) is 22.4 Å². The second-order valence-corrected chi connectivity index (χ2v) is 5.20. The third-order valence-electron chi connectivity index (χ3n) is 3.02. The lowest BCUT2D eigenvalue weighted by molar-refractivity contribution is -0.123. The molecule has 1 aliphatic heterocycles. The van der Waals surface area contributed by atoms with Gasteiger partial charge < -0.3 is 0 Å². The van der Waals surface area contributed by atoms with Crippen molar-refractivity contribution in [2.24, 2.45) is 0 Å². The highest BCUT2D eigenvalue weighted by atomic mass is 32.1. The number of hydrogen-bond acceptors (Lipinski definition) is 3. The summed E-state index contributed by atoms with van der Waals surface area (Å²) in [5.74, 6) is 0.325. The lowest BCUT2D eigenvalue weighted by Gasteiger charge is -2.33. The van der Waals surface area contributed by atoms with Crippen molar-refractivity contribution in [3.63, 3.8) is 0 Å². The summed E-state index contributed by atoms with van der Waals surface area (Å²) >= 11 is 1.78. The fraction of sp³-hybridized carbons (Fsp3) is 0.583. The minimum absolute atomic E-state index is 0.167. The van der Waals surface area contributed by atoms with E-state index in [9.17, 15) is 4.79 Å². The zero-order valence-corrected chi connectivity index (χ0v) is 9.93. The molecule has 2 rings (SSSR count). The van der Waals surface area contributed by atoms with Gasteiger partial charge in [-0.05, 0) is 37.8 Å². The molecule has 2 heterocycles. The maximum absolute atomic E-state index is 11.5. The molecule has 0 aromatic carbocycles. The van der Waals surface area contributed by atoms with E-state index < -0.39 is 0 Å². The van der Waals surface area contributed by atoms with Crippen LogP contribution in [-0.2, 0) is 11.3 Å². The minimum atomic E-state index is 0.167. The van der Waals surface area contributed by atoms with Gasteiger partial charge in [-0.2, -0.15) is 0 Å². The SMILES string of the molecule is CC(=O)C1CCCCN1Cc1cccs1. The van der Waals surface area contributed by atoms with Crippen molar-refractivity contribution in [3.05, 3.63) is 22.4 Å². The summed E-state index contributed by atoms with van der Waals surface area (Å²) in [6.45, 7) is 3.74. The molecule has 1 fully saturated rings. The van der Waals surface area contributed by atoms with Crippen LogP contribution in [0.25, 0.3) is 0 Å². The van der Waals surface area contributed by atoms with Crippen LogP contribution in [-0.4, -0.2) is 23.3 Å². The van der Waals surface area contributed by atoms with Gasteiger partial charge >= 0.3 is 0 Å². The van der Waals surface area contributed by atoms with Gasteiger partial charge in [0.25, 0.3) is 0 Å². The van der Waals surface area contributed by atoms with Crippen LogP contribution in [0.2, 0.25) is 0 Å². The molecule has 15 heavy (non-hydrogen) atoms. The lowest BCUT2D eigenvalue weighted by Crippen LogP contribution is -2.42. The standard InChI is InChI=1S/C12H17NOS/c1-10(14)12-6-2-3-7-13(12)9-11-5-4-8-15-11/h4-5,8,12H,2-3,6-7,9H2,1H3. The van der Waals surface area contributed by atoms with Crippen LogP contribution >= 0.6 is 11.3 Å². The lowest BCUT2D eigenvalue weighted by atomic mass is 9.99. The molecule has 0 spiro atoms. The number of rotatable bonds is 3. The first-order chi connectivity index (χ1) is 7.27. The summed E-state index contributed by atoms with van der Waals surface area (Å²) < 4.78 is 0. The first kappa shape index (κ1) is 10.8. The van der Waals surface area contributed by atoms with Crippen LogP contribution in [0.4, 0.5) is 0 Å². The van der Waals surface area contributed by atoms with Crippen molar-refractivity contribution in [2.45, 2.75) is 38.8 Å². The Morgan fingerprint density at radius 1 is 1.60 bits per heavy atom. The van der Waals surface area contributed by atoms with Gasteiger partial charge in [0.15, 0.2) is 0 Å². The van der Waals surface area contributed by atoms with Gasteiger partial charge in [0.05, 0.1) is 6.04 Å². The molecule has 0 N–H and O–H groups in total. The third kappa shape index (κ3) is 2.67. The van der Waals surface area contributed by atoms with Gasteiger partial charge in [-0.3, -0.25) is 9.69 Å². The van der Waals surface area contributed by atoms with Crippen LogP contribution < -0.4 is 0 Å². The Bertz CT molecular complexity index is 320. The number of Topliss-reactive ketones (excluding diaryl/α,β-unsaturated/α-hetero) is 1. The van der Waals surface area contributed by atoms with E-state index in [0.29, 0.717) is 5.78 Å². The smallest absolute Gasteiger partial charge is 0.146 e. The van der Waals surface area contributed by atoms with Gasteiger partial charge in [0.1, 0.15) is 5.78 Å². The number of ketones is 1. The summed E-state index contributed by atoms with van der Waals surface area (Å²) in [6, 6.07) is 4.39. The average Bonchev–Trinajstić information content (AvgIpc) is 2.71. The zero-order valence-electron chi connectivity index (χ0n) is 9.11. The molecule has 0 bridgehead atoms. The second-order valence-electron chi connectivity index (χ2n) is 4.17. The van der Waals surface area contributed by atoms with Gasteiger partial charge in [-0.15, -0.1) is 11.3 Å². The molecule has 1 aromatic rings. The summed E-state index contributed by atoms with van der Waals surface area (Å²) in [5.41, 5.74) is 0. The third-order valence-corrected chi connectivity index (χ3v) is 3.88. The van der Waals surface area contributed by atoms with E-state index in [0.717, 1.165) is 19.5 Å². The number of piperidine rings is 1. The van der Waals surface area contributed by atoms with Crippen molar-refractivity contribution in [1.29, 1.82) is 0 Å². The Morgan fingerprint density at radius 2 is 2.47 bits per heavy atom. The number of carbonyl (C=O) groups excluding carboxylic acids is 1. The molecule has 1 aromatic heterocycles. The molecule has 3 heteroatoms. The van der Waals surface area contributed by atoms with Crippen molar-refractivity contribution < 1.29 is 4.79 Å². The summed E-state index contributed by atoms with van der Waals surface area (Å²) in [6.07, 6.45) is 3.47. The molecule has 2 nitrogen and oxygen atoms in total. The van der Waals surface area contributed by atoms with E-state index >= 15 is 0 Å². The summed E-state index contributed by atoms with van der Waals surface area (Å²) in [5, 5.41) is 2.10. The molecule has 0 radical (unpaired) electrons. The predicted molar refractivity (Wildman–Crippen MR) is 63.0 cm³/mol. The van der Waals surface area contributed by atoms with Gasteiger partial charge in [0.2, 0.25) is 0 Å². The number of hydrogen-bond donors (Lipinski definition) is 0. The van der Waals surface area contributed by atoms with Crippen LogP contribution in [0.3, 0.4) is 0 Å². The maximum Gasteiger partial charge on any atom is 0.146 e. The molecule has 1 saturated heterocycles. The van der Waals surface area contributed by atoms with E-state index in [4.69, 9.17) is 0 Å². The van der Waals surface area contributed by atoms with E-state index in [1.807, 2.05) is 0 Å². The topological polar surface area (TPSA) is 20.3 Å². The van der Waals surface area contributed by atoms with Gasteiger partial charge in [-0.1, -0.05) is 12.5 Å². The highest BCUT2D eigenvalue weighted by molar-refractivity contribution is 7.09. The summed E-state index contributed by atoms with van der Waals surface area (Å²) in [4.78, 5) is 15.2. The second kappa shape index (κ2) is 4.90. The largest absolute Gasteiger partial charge is 0.298 e. The number of thiophene rings is 1. The van der Waals surface area contributed by atoms with Crippen molar-refractivity contribution in [2.75, 3.05) is 6.54 Å². The van der Waals surface area contributed by atoms with Crippen molar-refractivity contribution in [1.82, 2.24) is 4.90 Å². The van der Waals surface area contributed by atoms with E-state index in [1.165, 1.54) is 17.7 Å². The summed E-state index contributed by atoms with van der Waals surface area (Å²) in [7, 11) is 0. The Labute approximate surface area is 94.9 Å². The molecule has 82 valence electrons. The van der Waals surface area contributed by atoms with E-state index in [1.54, 1.807) is 18.3 Å². The normalized spacial score (nSPS) is 22.9. The quantitative estimate of drug-likeness (QED) is 0.785. The highest BCUT2D eigenvalue weighted by Crippen LogP contribution is 2.21. The maximum atomic E-state index is 11.5. The Morgan fingerprint density at radius 3 is 3.13 bits per heavy atom. The van der Waals surface area contributed by atoms with E-state index in [-0.39, 0.29) is 6.04 Å². The monoisotopic (exact) mass is 223 g/mol. The predicted octanol–water partition coefficient (Wildman–Crippen LogP) is 2.69. The van der Waals surface area contributed by atoms with Crippen LogP contribution in [0.5, 0.6) is 0 Å². The first-order valence-electron chi connectivity index (χ1n) is 5.54. The van der Waals surface area contributed by atoms with Crippen molar-refractivity contribution in [3.8, 4) is 0 Å². The zero-order chi connectivity index (χ0) is 10.7. The fourth-order valence-corrected chi connectivity index (χ4v) is 2.97. The molecular formula is C12H17NOS. The molecule has 0 saturated carbocycles. The Balaban J connectivity index is 2.02. The van der Waals surface area contributed by atoms with Crippen LogP contribution in [0.15, 0.2) is 17.5 Å². The molecule has 1 unspecified atom stereocenters. The molecule has 0 amide bonds. The van der Waals surface area contributed by atoms with Crippen molar-refractivity contribution >= 4 is 17.1 Å². The number of likely N-dealkylation sites (tertiary alicyclic amines) is 1. The fourth-order valence-electron chi connectivity index (χ4n) is 2.24. The van der Waals surface area contributed by atoms with Crippen LogP contribution in [0.1, 0.15) is 31.1 Å². The van der Waals surface area contributed by atoms with Crippen LogP contribution in [0, 0.1) is 0 Å². The minimum Gasteiger partial charge on any atom is -0.298 e. The highest BCUT2D eigenvalue weighted by Gasteiger charge is 2.25. The van der Waals surface area contributed by atoms with Gasteiger partial charge in [0, 0.05) is 11.4 Å². The molecular weight excluding hydrogens is 206 g/mol. The first-order valence-corrected chi connectivity index (χ1v) is 6.42. The molecule has 0 aliphatic carbocycles. The average molecular weight is 223 g/mol. The Kier molecular flexibility index (Phi) is 3.54. The number of carbonyl (C=O) groups is 1. The molecule has 1 aliphatic rings. The number of nitrogens with zero attached hydrogens (tertiary/aromatic N) is 1. The molecule has 1 atom stereocenters. The van der Waals surface area contributed by atoms with Gasteiger partial charge in [-0.25, -0.2) is 0 Å².